The molecule has 4 heteroatoms. The number of para-hydroxylation sites is 3. The first kappa shape index (κ1) is 54.5. The van der Waals surface area contributed by atoms with Crippen molar-refractivity contribution < 1.29 is 8.83 Å². The normalized spacial score (nSPS) is 14.5. The molecule has 3 aliphatic carbocycles. The third kappa shape index (κ3) is 8.04. The van der Waals surface area contributed by atoms with Gasteiger partial charge in [0, 0.05) is 82.9 Å². The van der Waals surface area contributed by atoms with Crippen molar-refractivity contribution in [3.05, 3.63) is 287 Å². The van der Waals surface area contributed by atoms with Crippen LogP contribution in [0.25, 0.3) is 101 Å². The Morgan fingerprint density at radius 2 is 0.852 bits per heavy atom. The Bertz CT molecular complexity index is 5040. The van der Waals surface area contributed by atoms with E-state index in [1.807, 2.05) is 13.8 Å². The van der Waals surface area contributed by atoms with Gasteiger partial charge in [0.2, 0.25) is 0 Å². The van der Waals surface area contributed by atoms with Crippen LogP contribution in [0, 0.1) is 0 Å². The summed E-state index contributed by atoms with van der Waals surface area (Å²) in [6.07, 6.45) is 6.38. The first-order chi connectivity index (χ1) is 42.8. The molecule has 0 spiro atoms. The van der Waals surface area contributed by atoms with Crippen molar-refractivity contribution in [2.24, 2.45) is 0 Å². The van der Waals surface area contributed by atoms with E-state index in [1.54, 1.807) is 0 Å². The number of allylic oxidation sites excluding steroid dienone is 2. The smallest absolute Gasteiger partial charge is 0.144 e. The van der Waals surface area contributed by atoms with Crippen molar-refractivity contribution in [1.29, 1.82) is 0 Å². The molecule has 0 unspecified atom stereocenters. The summed E-state index contributed by atoms with van der Waals surface area (Å²) in [6, 6.07) is 84.4. The highest BCUT2D eigenvalue weighted by atomic mass is 16.3. The second kappa shape index (κ2) is 20.5. The Hall–Kier alpha value is -10.2. The van der Waals surface area contributed by atoms with Gasteiger partial charge in [-0.3, -0.25) is 0 Å². The van der Waals surface area contributed by atoms with Crippen molar-refractivity contribution in [3.8, 4) is 55.6 Å². The molecule has 0 aliphatic heterocycles. The number of anilines is 6. The molecule has 0 radical (unpaired) electrons. The molecular weight excluding hydrogens is 1070 g/mol. The molecule has 0 bridgehead atoms. The summed E-state index contributed by atoms with van der Waals surface area (Å²) in [5.41, 5.74) is 28.7. The number of hydrogen-bond donors (Lipinski definition) is 0. The Morgan fingerprint density at radius 1 is 0.375 bits per heavy atom. The maximum Gasteiger partial charge on any atom is 0.144 e. The van der Waals surface area contributed by atoms with Gasteiger partial charge in [0.15, 0.2) is 0 Å². The highest BCUT2D eigenvalue weighted by Crippen LogP contribution is 2.63. The third-order valence-electron chi connectivity index (χ3n) is 19.3. The number of hydrogen-bond acceptors (Lipinski definition) is 4. The van der Waals surface area contributed by atoms with E-state index in [0.29, 0.717) is 5.42 Å². The summed E-state index contributed by atoms with van der Waals surface area (Å²) in [7, 11) is 0. The minimum Gasteiger partial charge on any atom is -0.456 e. The van der Waals surface area contributed by atoms with Crippen LogP contribution in [0.4, 0.5) is 34.1 Å². The first-order valence-electron chi connectivity index (χ1n) is 31.1. The van der Waals surface area contributed by atoms with Crippen molar-refractivity contribution in [2.45, 2.75) is 78.6 Å². The Balaban J connectivity index is 0.00000322. The van der Waals surface area contributed by atoms with Gasteiger partial charge >= 0.3 is 0 Å². The largest absolute Gasteiger partial charge is 0.456 e. The first-order valence-corrected chi connectivity index (χ1v) is 31.1. The summed E-state index contributed by atoms with van der Waals surface area (Å²) in [6.45, 7) is 25.1. The van der Waals surface area contributed by atoms with Gasteiger partial charge in [-0.1, -0.05) is 226 Å². The zero-order valence-electron chi connectivity index (χ0n) is 51.6. The fraction of sp³-hybridized carbons (Fsp3) is 0.143. The summed E-state index contributed by atoms with van der Waals surface area (Å²) in [5, 5.41) is 4.46. The minimum atomic E-state index is -0.407. The Labute approximate surface area is 516 Å². The predicted molar refractivity (Wildman–Crippen MR) is 372 cm³/mol. The third-order valence-corrected chi connectivity index (χ3v) is 19.3. The van der Waals surface area contributed by atoms with Crippen LogP contribution in [0.2, 0.25) is 0 Å². The van der Waals surface area contributed by atoms with Gasteiger partial charge in [-0.05, 0) is 170 Å². The van der Waals surface area contributed by atoms with Crippen molar-refractivity contribution in [1.82, 2.24) is 0 Å². The molecule has 428 valence electrons. The molecule has 0 N–H and O–H groups in total. The van der Waals surface area contributed by atoms with Gasteiger partial charge in [-0.25, -0.2) is 0 Å². The van der Waals surface area contributed by atoms with Crippen LogP contribution in [-0.2, 0) is 16.2 Å². The number of rotatable bonds is 9. The van der Waals surface area contributed by atoms with E-state index in [9.17, 15) is 0 Å². The lowest BCUT2D eigenvalue weighted by Crippen LogP contribution is -2.25. The topological polar surface area (TPSA) is 32.8 Å². The van der Waals surface area contributed by atoms with Gasteiger partial charge in [0.25, 0.3) is 0 Å². The molecular formula is C84H70N2O2. The van der Waals surface area contributed by atoms with Gasteiger partial charge in [-0.15, -0.1) is 0 Å². The average Bonchev–Trinajstić information content (AvgIpc) is 1.53. The molecule has 0 atom stereocenters. The van der Waals surface area contributed by atoms with Crippen molar-refractivity contribution in [2.75, 3.05) is 9.80 Å². The van der Waals surface area contributed by atoms with Gasteiger partial charge in [0.1, 0.15) is 22.2 Å². The molecule has 11 aromatic carbocycles. The van der Waals surface area contributed by atoms with E-state index in [0.717, 1.165) is 83.4 Å². The van der Waals surface area contributed by atoms with Crippen LogP contribution in [0.1, 0.15) is 95.7 Å². The van der Waals surface area contributed by atoms with Crippen LogP contribution in [0.15, 0.2) is 252 Å². The lowest BCUT2D eigenvalue weighted by Gasteiger charge is -2.32. The molecule has 3 aliphatic rings. The highest BCUT2D eigenvalue weighted by molar-refractivity contribution is 6.19. The summed E-state index contributed by atoms with van der Waals surface area (Å²) in [4.78, 5) is 4.82. The molecule has 88 heavy (non-hydrogen) atoms. The maximum absolute atomic E-state index is 6.97. The molecule has 0 amide bonds. The van der Waals surface area contributed by atoms with Crippen molar-refractivity contribution in [3.63, 3.8) is 0 Å². The SMILES string of the molecule is C=c1oc2c3c(c4c(c2/c1=C/C=C\C)-c1ccc(N(c2ccc(N(c5ccccc5)c5ccccc5)cc2)c2ccc5c(c2)C(C)(C)c2cc(-c6ccc(-c7ccccc7)cc6)c6oc7ccccc7c6c2-5)cc1C4(C)C)C(C)(C)c1ccccc1-3.CC. The number of fused-ring (bicyclic) bond motifs is 17. The van der Waals surface area contributed by atoms with Crippen LogP contribution in [-0.4, -0.2) is 0 Å². The molecule has 0 saturated heterocycles. The minimum absolute atomic E-state index is 0.286. The maximum atomic E-state index is 6.97. The second-order valence-corrected chi connectivity index (χ2v) is 25.2. The van der Waals surface area contributed by atoms with Gasteiger partial charge in [-0.2, -0.15) is 0 Å². The van der Waals surface area contributed by atoms with E-state index >= 15 is 0 Å². The average molecular weight is 1140 g/mol. The van der Waals surface area contributed by atoms with Crippen LogP contribution in [0.3, 0.4) is 0 Å². The number of nitrogens with zero attached hydrogens (tertiary/aromatic N) is 2. The van der Waals surface area contributed by atoms with Crippen LogP contribution >= 0.6 is 0 Å². The molecule has 2 heterocycles. The predicted octanol–water partition coefficient (Wildman–Crippen LogP) is 22.3. The van der Waals surface area contributed by atoms with Crippen LogP contribution in [0.5, 0.6) is 0 Å². The van der Waals surface area contributed by atoms with E-state index in [4.69, 9.17) is 8.83 Å². The quantitative estimate of drug-likeness (QED) is 0.144. The standard InChI is InChI=1S/C82H64N2O2.C2H6/c1-9-10-30-60-50(2)85-79-73(60)72-63-46-44-59(48-68(63)82(7,8)76(72)77-75(79)61-31-20-22-33-66(61)81(77,5)6)84(57-41-39-56(40-42-57)83(54-26-16-12-17-27-54)55-28-18-13-19-29-55)58-43-45-62-67(47-58)80(3,4)69-49-65(53-37-35-52(36-38-53)51-24-14-11-15-25-51)78-74(71(62)69)64-32-21-23-34-70(64)86-78;1-2/h9-49H,2H2,1,3-8H3;1-2H3/b10-9-,60-30+;. The summed E-state index contributed by atoms with van der Waals surface area (Å²) >= 11 is 0. The van der Waals surface area contributed by atoms with E-state index in [-0.39, 0.29) is 10.8 Å². The zero-order chi connectivity index (χ0) is 60.4. The molecule has 16 rings (SSSR count). The van der Waals surface area contributed by atoms with Crippen LogP contribution < -0.4 is 20.4 Å². The lowest BCUT2D eigenvalue weighted by atomic mass is 9.72. The number of furan rings is 2. The van der Waals surface area contributed by atoms with Gasteiger partial charge in [0.05, 0.1) is 0 Å². The highest BCUT2D eigenvalue weighted by Gasteiger charge is 2.49. The monoisotopic (exact) mass is 1140 g/mol. The fourth-order valence-electron chi connectivity index (χ4n) is 15.2. The molecule has 0 saturated carbocycles. The molecule has 4 nitrogen and oxygen atoms in total. The molecule has 2 aromatic heterocycles. The van der Waals surface area contributed by atoms with E-state index in [2.05, 4.69) is 314 Å². The fourth-order valence-corrected chi connectivity index (χ4v) is 15.2. The Kier molecular flexibility index (Phi) is 12.7. The molecule has 13 aromatic rings. The van der Waals surface area contributed by atoms with E-state index < -0.39 is 5.41 Å². The van der Waals surface area contributed by atoms with Gasteiger partial charge < -0.3 is 18.6 Å². The number of benzene rings is 11. The zero-order valence-corrected chi connectivity index (χ0v) is 51.6. The lowest BCUT2D eigenvalue weighted by molar-refractivity contribution is 0.574. The van der Waals surface area contributed by atoms with Crippen molar-refractivity contribution >= 4 is 79.7 Å². The second-order valence-electron chi connectivity index (χ2n) is 25.2. The summed E-state index contributed by atoms with van der Waals surface area (Å²) in [5.74, 6) is 0. The molecule has 0 fully saturated rings. The summed E-state index contributed by atoms with van der Waals surface area (Å²) < 4.78 is 13.9. The van der Waals surface area contributed by atoms with E-state index in [1.165, 1.54) is 77.9 Å². The Morgan fingerprint density at radius 3 is 1.49 bits per heavy atom.